The zero-order valence-electron chi connectivity index (χ0n) is 11.0. The second-order valence-corrected chi connectivity index (χ2v) is 4.20. The van der Waals surface area contributed by atoms with Crippen LogP contribution in [0.25, 0.3) is 0 Å². The van der Waals surface area contributed by atoms with Crippen LogP contribution in [0.15, 0.2) is 48.8 Å². The predicted octanol–water partition coefficient (Wildman–Crippen LogP) is 2.75. The highest BCUT2D eigenvalue weighted by Crippen LogP contribution is 2.12. The third-order valence-corrected chi connectivity index (χ3v) is 2.78. The number of nitrogens with zero attached hydrogens (tertiary/aromatic N) is 1. The van der Waals surface area contributed by atoms with Crippen LogP contribution in [0.5, 0.6) is 5.75 Å². The number of benzene rings is 1. The van der Waals surface area contributed by atoms with Gasteiger partial charge in [0.1, 0.15) is 5.75 Å². The van der Waals surface area contributed by atoms with Crippen molar-refractivity contribution >= 4 is 22.8 Å². The van der Waals surface area contributed by atoms with Crippen molar-refractivity contribution in [1.29, 1.82) is 0 Å². The zero-order chi connectivity index (χ0) is 13.0. The summed E-state index contributed by atoms with van der Waals surface area (Å²) in [5.74, 6) is 0.775. The Kier molecular flexibility index (Phi) is 5.70. The first-order valence-corrected chi connectivity index (χ1v) is 5.82. The number of aromatic nitrogens is 1. The summed E-state index contributed by atoms with van der Waals surface area (Å²) in [6.07, 6.45) is 3.82. The molecule has 0 aliphatic rings. The molecular weight excluding hydrogens is 306 g/mol. The summed E-state index contributed by atoms with van der Waals surface area (Å²) in [6.45, 7) is 2.36. The Labute approximate surface area is 123 Å². The number of aryl methyl sites for hydroxylation is 1. The molecule has 0 atom stereocenters. The summed E-state index contributed by atoms with van der Waals surface area (Å²) in [6, 6.07) is 11.2. The van der Waals surface area contributed by atoms with Crippen molar-refractivity contribution in [2.24, 2.45) is 0 Å². The SMILES string of the molecule is Br.COc1cccc(C(=O)C[n+]2ccc(C)cc2)c1. The van der Waals surface area contributed by atoms with Crippen LogP contribution in [0.1, 0.15) is 15.9 Å². The monoisotopic (exact) mass is 322 g/mol. The molecule has 3 nitrogen and oxygen atoms in total. The molecule has 0 radical (unpaired) electrons. The van der Waals surface area contributed by atoms with Gasteiger partial charge >= 0.3 is 0 Å². The minimum absolute atomic E-state index is 0. The lowest BCUT2D eigenvalue weighted by Crippen LogP contribution is -2.37. The summed E-state index contributed by atoms with van der Waals surface area (Å²) in [4.78, 5) is 12.1. The Morgan fingerprint density at radius 1 is 1.21 bits per heavy atom. The molecule has 0 aliphatic heterocycles. The first kappa shape index (κ1) is 15.4. The number of rotatable bonds is 4. The maximum absolute atomic E-state index is 12.1. The van der Waals surface area contributed by atoms with Crippen LogP contribution in [-0.4, -0.2) is 12.9 Å². The number of ketones is 1. The van der Waals surface area contributed by atoms with Gasteiger partial charge in [-0.15, -0.1) is 17.0 Å². The summed E-state index contributed by atoms with van der Waals surface area (Å²) in [5.41, 5.74) is 1.85. The number of pyridine rings is 1. The number of methoxy groups -OCH3 is 1. The maximum Gasteiger partial charge on any atom is 0.227 e. The molecule has 1 aromatic carbocycles. The molecule has 0 amide bonds. The quantitative estimate of drug-likeness (QED) is 0.640. The van der Waals surface area contributed by atoms with E-state index in [9.17, 15) is 4.79 Å². The molecule has 0 N–H and O–H groups in total. The van der Waals surface area contributed by atoms with Crippen LogP contribution in [0.2, 0.25) is 0 Å². The highest BCUT2D eigenvalue weighted by molar-refractivity contribution is 8.93. The van der Waals surface area contributed by atoms with Crippen LogP contribution in [0, 0.1) is 6.92 Å². The van der Waals surface area contributed by atoms with Crippen molar-refractivity contribution in [2.45, 2.75) is 13.5 Å². The summed E-state index contributed by atoms with van der Waals surface area (Å²) in [7, 11) is 1.60. The standard InChI is InChI=1S/C15H16NO2.BrH/c1-12-6-8-16(9-7-12)11-15(17)13-4-3-5-14(10-13)18-2;/h3-10H,11H2,1-2H3;1H/q+1;. The molecule has 0 unspecified atom stereocenters. The van der Waals surface area contributed by atoms with Crippen molar-refractivity contribution in [3.8, 4) is 5.75 Å². The van der Waals surface area contributed by atoms with Crippen LogP contribution >= 0.6 is 17.0 Å². The van der Waals surface area contributed by atoms with Gasteiger partial charge in [-0.05, 0) is 24.6 Å². The second-order valence-electron chi connectivity index (χ2n) is 4.20. The lowest BCUT2D eigenvalue weighted by Gasteiger charge is -2.02. The molecule has 19 heavy (non-hydrogen) atoms. The van der Waals surface area contributed by atoms with E-state index < -0.39 is 0 Å². The van der Waals surface area contributed by atoms with Crippen molar-refractivity contribution in [1.82, 2.24) is 0 Å². The van der Waals surface area contributed by atoms with E-state index in [1.165, 1.54) is 5.56 Å². The van der Waals surface area contributed by atoms with E-state index in [4.69, 9.17) is 4.74 Å². The normalized spacial score (nSPS) is 9.58. The molecule has 2 rings (SSSR count). The smallest absolute Gasteiger partial charge is 0.227 e. The fraction of sp³-hybridized carbons (Fsp3) is 0.200. The Bertz CT molecular complexity index is 552. The van der Waals surface area contributed by atoms with Crippen molar-refractivity contribution in [3.63, 3.8) is 0 Å². The van der Waals surface area contributed by atoms with Gasteiger partial charge in [-0.3, -0.25) is 4.79 Å². The largest absolute Gasteiger partial charge is 0.497 e. The number of carbonyl (C=O) groups excluding carboxylic acids is 1. The van der Waals surface area contributed by atoms with Gasteiger partial charge in [0.15, 0.2) is 12.4 Å². The number of ether oxygens (including phenoxy) is 1. The molecule has 2 aromatic rings. The van der Waals surface area contributed by atoms with Crippen LogP contribution < -0.4 is 9.30 Å². The summed E-state index contributed by atoms with van der Waals surface area (Å²) < 4.78 is 6.98. The van der Waals surface area contributed by atoms with E-state index in [2.05, 4.69) is 0 Å². The first-order chi connectivity index (χ1) is 8.69. The van der Waals surface area contributed by atoms with Gasteiger partial charge in [0.2, 0.25) is 12.3 Å². The Balaban J connectivity index is 0.00000180. The molecule has 0 saturated heterocycles. The highest BCUT2D eigenvalue weighted by atomic mass is 79.9. The minimum Gasteiger partial charge on any atom is -0.497 e. The van der Waals surface area contributed by atoms with Gasteiger partial charge in [-0.25, -0.2) is 0 Å². The predicted molar refractivity (Wildman–Crippen MR) is 79.0 cm³/mol. The van der Waals surface area contributed by atoms with Gasteiger partial charge < -0.3 is 4.74 Å². The minimum atomic E-state index is 0. The van der Waals surface area contributed by atoms with Crippen molar-refractivity contribution < 1.29 is 14.1 Å². The second kappa shape index (κ2) is 7.04. The third-order valence-electron chi connectivity index (χ3n) is 2.78. The first-order valence-electron chi connectivity index (χ1n) is 5.82. The molecule has 1 heterocycles. The molecule has 0 bridgehead atoms. The number of carbonyl (C=O) groups is 1. The van der Waals surface area contributed by atoms with E-state index in [0.717, 1.165) is 0 Å². The molecule has 0 aliphatic carbocycles. The summed E-state index contributed by atoms with van der Waals surface area (Å²) in [5, 5.41) is 0. The van der Waals surface area contributed by atoms with E-state index in [1.807, 2.05) is 48.1 Å². The number of hydrogen-bond donors (Lipinski definition) is 0. The molecule has 0 fully saturated rings. The fourth-order valence-corrected chi connectivity index (χ4v) is 1.69. The van der Waals surface area contributed by atoms with Crippen LogP contribution in [0.4, 0.5) is 0 Å². The van der Waals surface area contributed by atoms with E-state index in [1.54, 1.807) is 19.2 Å². The number of halogens is 1. The van der Waals surface area contributed by atoms with Crippen molar-refractivity contribution in [2.75, 3.05) is 7.11 Å². The molecule has 4 heteroatoms. The molecule has 0 spiro atoms. The summed E-state index contributed by atoms with van der Waals surface area (Å²) >= 11 is 0. The Morgan fingerprint density at radius 2 is 1.89 bits per heavy atom. The lowest BCUT2D eigenvalue weighted by molar-refractivity contribution is -0.683. The molecule has 1 aromatic heterocycles. The Morgan fingerprint density at radius 3 is 2.53 bits per heavy atom. The average molecular weight is 323 g/mol. The maximum atomic E-state index is 12.1. The van der Waals surface area contributed by atoms with Crippen LogP contribution in [0.3, 0.4) is 0 Å². The van der Waals surface area contributed by atoms with E-state index in [0.29, 0.717) is 17.9 Å². The molecular formula is C15H17BrNO2+. The molecule has 0 saturated carbocycles. The van der Waals surface area contributed by atoms with Crippen molar-refractivity contribution in [3.05, 3.63) is 59.9 Å². The van der Waals surface area contributed by atoms with E-state index in [-0.39, 0.29) is 22.8 Å². The number of Topliss-reactive ketones (excluding diaryl/α,β-unsaturated/α-hetero) is 1. The van der Waals surface area contributed by atoms with Crippen LogP contribution in [-0.2, 0) is 6.54 Å². The van der Waals surface area contributed by atoms with Gasteiger partial charge in [-0.1, -0.05) is 12.1 Å². The zero-order valence-corrected chi connectivity index (χ0v) is 12.7. The highest BCUT2D eigenvalue weighted by Gasteiger charge is 2.12. The average Bonchev–Trinajstić information content (AvgIpc) is 2.41. The van der Waals surface area contributed by atoms with Gasteiger partial charge in [-0.2, -0.15) is 4.57 Å². The number of hydrogen-bond acceptors (Lipinski definition) is 2. The van der Waals surface area contributed by atoms with Gasteiger partial charge in [0.25, 0.3) is 0 Å². The fourth-order valence-electron chi connectivity index (χ4n) is 1.69. The Hall–Kier alpha value is -1.68. The van der Waals surface area contributed by atoms with E-state index >= 15 is 0 Å². The lowest BCUT2D eigenvalue weighted by atomic mass is 10.1. The topological polar surface area (TPSA) is 30.2 Å². The van der Waals surface area contributed by atoms with Gasteiger partial charge in [0.05, 0.1) is 7.11 Å². The van der Waals surface area contributed by atoms with Gasteiger partial charge in [0, 0.05) is 17.7 Å². The third kappa shape index (κ3) is 4.17. The molecule has 100 valence electrons.